The molecule has 0 atom stereocenters. The highest BCUT2D eigenvalue weighted by molar-refractivity contribution is 6.30. The molecule has 0 unspecified atom stereocenters. The Bertz CT molecular complexity index is 736. The van der Waals surface area contributed by atoms with E-state index in [0.29, 0.717) is 5.75 Å². The monoisotopic (exact) mass is 348 g/mol. The van der Waals surface area contributed by atoms with E-state index in [2.05, 4.69) is 14.8 Å². The van der Waals surface area contributed by atoms with Gasteiger partial charge in [-0.1, -0.05) is 36.4 Å². The zero-order valence-electron chi connectivity index (χ0n) is 12.5. The molecule has 2 aromatic carbocycles. The Morgan fingerprint density at radius 2 is 2.04 bits per heavy atom. The maximum absolute atomic E-state index is 13.3. The molecule has 0 aliphatic carbocycles. The number of ether oxygens (including phenoxy) is 1. The van der Waals surface area contributed by atoms with Gasteiger partial charge in [0, 0.05) is 6.07 Å². The maximum atomic E-state index is 13.3. The molecule has 1 N–H and O–H groups in total. The molecule has 0 aliphatic rings. The van der Waals surface area contributed by atoms with Crippen molar-refractivity contribution in [2.24, 2.45) is 5.10 Å². The van der Waals surface area contributed by atoms with Crippen molar-refractivity contribution in [1.82, 2.24) is 0 Å². The number of anilines is 1. The van der Waals surface area contributed by atoms with Gasteiger partial charge in [0.05, 0.1) is 0 Å². The maximum Gasteiger partial charge on any atom is 0.369 e. The number of hydrazone groups is 1. The molecule has 0 saturated heterocycles. The second-order valence-corrected chi connectivity index (χ2v) is 4.69. The molecule has 0 aromatic heterocycles. The van der Waals surface area contributed by atoms with Crippen LogP contribution in [0.5, 0.6) is 5.75 Å². The first-order valence-corrected chi connectivity index (χ1v) is 7.25. The average Bonchev–Trinajstić information content (AvgIpc) is 2.61. The molecule has 7 heteroatoms. The van der Waals surface area contributed by atoms with E-state index in [9.17, 15) is 9.18 Å². The SMILES string of the molecule is O=C(C=NNc1cc(F)ccc1OCC=Cc1ccccc1)OCl. The van der Waals surface area contributed by atoms with Crippen molar-refractivity contribution in [2.75, 3.05) is 12.0 Å². The third kappa shape index (κ3) is 5.73. The summed E-state index contributed by atoms with van der Waals surface area (Å²) in [6, 6.07) is 13.7. The van der Waals surface area contributed by atoms with Gasteiger partial charge in [0.2, 0.25) is 0 Å². The first-order valence-electron chi connectivity index (χ1n) is 6.94. The Kier molecular flexibility index (Phi) is 6.79. The summed E-state index contributed by atoms with van der Waals surface area (Å²) >= 11 is 4.86. The number of hydrogen-bond donors (Lipinski definition) is 1. The molecule has 24 heavy (non-hydrogen) atoms. The van der Waals surface area contributed by atoms with Crippen LogP contribution in [0.25, 0.3) is 6.08 Å². The number of benzene rings is 2. The van der Waals surface area contributed by atoms with E-state index in [1.165, 1.54) is 18.2 Å². The van der Waals surface area contributed by atoms with Crippen LogP contribution in [-0.2, 0) is 9.08 Å². The van der Waals surface area contributed by atoms with Crippen molar-refractivity contribution in [3.63, 3.8) is 0 Å². The lowest BCUT2D eigenvalue weighted by molar-refractivity contribution is -0.126. The summed E-state index contributed by atoms with van der Waals surface area (Å²) < 4.78 is 22.8. The number of carbonyl (C=O) groups is 1. The van der Waals surface area contributed by atoms with Crippen LogP contribution < -0.4 is 10.2 Å². The molecule has 0 saturated carbocycles. The Hall–Kier alpha value is -2.86. The highest BCUT2D eigenvalue weighted by atomic mass is 35.5. The summed E-state index contributed by atoms with van der Waals surface area (Å²) in [7, 11) is 0. The molecule has 0 radical (unpaired) electrons. The van der Waals surface area contributed by atoms with Crippen molar-refractivity contribution in [3.05, 3.63) is 66.0 Å². The van der Waals surface area contributed by atoms with Gasteiger partial charge < -0.3 is 9.03 Å². The minimum absolute atomic E-state index is 0.265. The lowest BCUT2D eigenvalue weighted by atomic mass is 10.2. The normalized spacial score (nSPS) is 10.9. The smallest absolute Gasteiger partial charge is 0.369 e. The van der Waals surface area contributed by atoms with Crippen LogP contribution in [0, 0.1) is 5.82 Å². The summed E-state index contributed by atoms with van der Waals surface area (Å²) in [6.45, 7) is 0.280. The van der Waals surface area contributed by atoms with E-state index in [1.807, 2.05) is 42.5 Å². The third-order valence-electron chi connectivity index (χ3n) is 2.82. The summed E-state index contributed by atoms with van der Waals surface area (Å²) in [4.78, 5) is 10.8. The van der Waals surface area contributed by atoms with E-state index >= 15 is 0 Å². The predicted octanol–water partition coefficient (Wildman–Crippen LogP) is 4.01. The molecule has 2 aromatic rings. The first kappa shape index (κ1) is 17.5. The zero-order valence-corrected chi connectivity index (χ0v) is 13.2. The van der Waals surface area contributed by atoms with Crippen molar-refractivity contribution >= 4 is 35.8 Å². The Labute approximate surface area is 143 Å². The lowest BCUT2D eigenvalue weighted by Gasteiger charge is -2.09. The average molecular weight is 349 g/mol. The second-order valence-electron chi connectivity index (χ2n) is 4.53. The number of nitrogens with zero attached hydrogens (tertiary/aromatic N) is 1. The fourth-order valence-electron chi connectivity index (χ4n) is 1.78. The molecule has 2 rings (SSSR count). The number of rotatable bonds is 7. The van der Waals surface area contributed by atoms with Gasteiger partial charge in [-0.3, -0.25) is 5.43 Å². The van der Waals surface area contributed by atoms with Crippen molar-refractivity contribution in [2.45, 2.75) is 0 Å². The Balaban J connectivity index is 1.97. The van der Waals surface area contributed by atoms with Gasteiger partial charge in [0.15, 0.2) is 0 Å². The minimum Gasteiger partial charge on any atom is -0.487 e. The minimum atomic E-state index is -0.853. The molecular formula is C17H14ClFN2O3. The Morgan fingerprint density at radius 1 is 1.25 bits per heavy atom. The topological polar surface area (TPSA) is 59.9 Å². The van der Waals surface area contributed by atoms with Gasteiger partial charge in [-0.2, -0.15) is 5.10 Å². The number of hydrogen-bond acceptors (Lipinski definition) is 5. The summed E-state index contributed by atoms with van der Waals surface area (Å²) in [5, 5.41) is 3.59. The molecule has 0 spiro atoms. The molecule has 0 heterocycles. The molecule has 0 bridgehead atoms. The van der Waals surface area contributed by atoms with Gasteiger partial charge in [0.1, 0.15) is 41.9 Å². The third-order valence-corrected chi connectivity index (χ3v) is 2.97. The van der Waals surface area contributed by atoms with Gasteiger partial charge in [0.25, 0.3) is 0 Å². The molecule has 5 nitrogen and oxygen atoms in total. The predicted molar refractivity (Wildman–Crippen MR) is 91.4 cm³/mol. The van der Waals surface area contributed by atoms with Crippen molar-refractivity contribution in [1.29, 1.82) is 0 Å². The highest BCUT2D eigenvalue weighted by Gasteiger charge is 2.04. The quantitative estimate of drug-likeness (QED) is 0.606. The van der Waals surface area contributed by atoms with Gasteiger partial charge in [-0.05, 0) is 23.8 Å². The summed E-state index contributed by atoms with van der Waals surface area (Å²) in [5.74, 6) is -0.945. The van der Waals surface area contributed by atoms with Gasteiger partial charge >= 0.3 is 5.97 Å². The standard InChI is InChI=1S/C17H14ClFN2O3/c18-24-17(22)12-20-21-15-11-14(19)8-9-16(15)23-10-4-7-13-5-2-1-3-6-13/h1-9,11-12,21H,10H2. The fourth-order valence-corrected chi connectivity index (χ4v) is 1.82. The van der Waals surface area contributed by atoms with Crippen molar-refractivity contribution < 1.29 is 18.2 Å². The highest BCUT2D eigenvalue weighted by Crippen LogP contribution is 2.25. The van der Waals surface area contributed by atoms with Crippen LogP contribution in [-0.4, -0.2) is 18.8 Å². The van der Waals surface area contributed by atoms with Gasteiger partial charge in [-0.25, -0.2) is 9.18 Å². The van der Waals surface area contributed by atoms with Crippen molar-refractivity contribution in [3.8, 4) is 5.75 Å². The largest absolute Gasteiger partial charge is 0.487 e. The fraction of sp³-hybridized carbons (Fsp3) is 0.0588. The lowest BCUT2D eigenvalue weighted by Crippen LogP contribution is -2.02. The van der Waals surface area contributed by atoms with Crippen LogP contribution in [0.4, 0.5) is 10.1 Å². The summed E-state index contributed by atoms with van der Waals surface area (Å²) in [6.07, 6.45) is 4.55. The molecule has 0 fully saturated rings. The van der Waals surface area contributed by atoms with E-state index in [1.54, 1.807) is 0 Å². The molecule has 124 valence electrons. The molecule has 0 aliphatic heterocycles. The second kappa shape index (κ2) is 9.32. The Morgan fingerprint density at radius 3 is 2.79 bits per heavy atom. The molecular weight excluding hydrogens is 335 g/mol. The van der Waals surface area contributed by atoms with Crippen LogP contribution in [0.3, 0.4) is 0 Å². The number of nitrogens with one attached hydrogen (secondary N) is 1. The first-order chi connectivity index (χ1) is 11.7. The number of halogens is 2. The summed E-state index contributed by atoms with van der Waals surface area (Å²) in [5.41, 5.74) is 3.81. The van der Waals surface area contributed by atoms with Crippen LogP contribution in [0.2, 0.25) is 0 Å². The van der Waals surface area contributed by atoms with Crippen LogP contribution >= 0.6 is 11.9 Å². The van der Waals surface area contributed by atoms with E-state index in [0.717, 1.165) is 11.8 Å². The van der Waals surface area contributed by atoms with E-state index < -0.39 is 11.8 Å². The molecule has 0 amide bonds. The van der Waals surface area contributed by atoms with Crippen LogP contribution in [0.15, 0.2) is 59.7 Å². The number of carbonyl (C=O) groups excluding carboxylic acids is 1. The van der Waals surface area contributed by atoms with Gasteiger partial charge in [-0.15, -0.1) is 0 Å². The van der Waals surface area contributed by atoms with Crippen LogP contribution in [0.1, 0.15) is 5.56 Å². The zero-order chi connectivity index (χ0) is 17.2. The van der Waals surface area contributed by atoms with E-state index in [-0.39, 0.29) is 12.3 Å². The van der Waals surface area contributed by atoms with E-state index in [4.69, 9.17) is 16.6 Å².